The lowest BCUT2D eigenvalue weighted by molar-refractivity contribution is 0.0474. The van der Waals surface area contributed by atoms with Crippen molar-refractivity contribution < 1.29 is 17.9 Å². The highest BCUT2D eigenvalue weighted by atomic mass is 32.2. The second-order valence-electron chi connectivity index (χ2n) is 7.58. The molecule has 0 saturated heterocycles. The van der Waals surface area contributed by atoms with Crippen LogP contribution in [0.15, 0.2) is 24.3 Å². The summed E-state index contributed by atoms with van der Waals surface area (Å²) in [6.07, 6.45) is -0.578. The summed E-state index contributed by atoms with van der Waals surface area (Å²) in [4.78, 5) is 11.8. The van der Waals surface area contributed by atoms with Gasteiger partial charge in [0.1, 0.15) is 5.60 Å². The third-order valence-electron chi connectivity index (χ3n) is 3.05. The molecule has 0 aliphatic rings. The van der Waals surface area contributed by atoms with Gasteiger partial charge in [-0.1, -0.05) is 29.8 Å². The monoisotopic (exact) mass is 356 g/mol. The number of hydrogen-bond acceptors (Lipinski definition) is 4. The zero-order chi connectivity index (χ0) is 18.6. The maximum atomic E-state index is 12.2. The van der Waals surface area contributed by atoms with Crippen LogP contribution in [0.3, 0.4) is 0 Å². The fourth-order valence-electron chi connectivity index (χ4n) is 1.87. The van der Waals surface area contributed by atoms with Crippen LogP contribution in [0, 0.1) is 6.92 Å². The number of sulfonamides is 1. The maximum Gasteiger partial charge on any atom is 0.408 e. The summed E-state index contributed by atoms with van der Waals surface area (Å²) in [7, 11) is -3.49. The Kier molecular flexibility index (Phi) is 6.41. The Hall–Kier alpha value is -1.60. The first-order valence-electron chi connectivity index (χ1n) is 7.82. The second-order valence-corrected chi connectivity index (χ2v) is 9.38. The number of carbonyl (C=O) groups excluding carboxylic acids is 1. The molecule has 136 valence electrons. The zero-order valence-electron chi connectivity index (χ0n) is 15.3. The lowest BCUT2D eigenvalue weighted by atomic mass is 10.1. The number of aryl methyl sites for hydroxylation is 1. The van der Waals surface area contributed by atoms with Gasteiger partial charge < -0.3 is 10.1 Å². The van der Waals surface area contributed by atoms with E-state index in [4.69, 9.17) is 4.74 Å². The Bertz CT molecular complexity index is 659. The van der Waals surface area contributed by atoms with E-state index < -0.39 is 27.3 Å². The second kappa shape index (κ2) is 7.53. The number of benzene rings is 1. The molecule has 7 heteroatoms. The van der Waals surface area contributed by atoms with Crippen LogP contribution in [0.1, 0.15) is 45.7 Å². The molecule has 0 fully saturated rings. The predicted molar refractivity (Wildman–Crippen MR) is 95.3 cm³/mol. The van der Waals surface area contributed by atoms with E-state index in [1.807, 2.05) is 19.1 Å². The van der Waals surface area contributed by atoms with Crippen molar-refractivity contribution in [3.8, 4) is 0 Å². The highest BCUT2D eigenvalue weighted by Crippen LogP contribution is 2.10. The van der Waals surface area contributed by atoms with E-state index in [0.29, 0.717) is 5.56 Å². The fraction of sp³-hybridized carbons (Fsp3) is 0.588. The molecule has 0 atom stereocenters. The molecule has 0 heterocycles. The molecule has 2 N–H and O–H groups in total. The van der Waals surface area contributed by atoms with Crippen LogP contribution in [0.4, 0.5) is 4.79 Å². The van der Waals surface area contributed by atoms with E-state index >= 15 is 0 Å². The summed E-state index contributed by atoms with van der Waals surface area (Å²) in [5.74, 6) is -0.101. The van der Waals surface area contributed by atoms with Crippen molar-refractivity contribution in [1.29, 1.82) is 0 Å². The third kappa shape index (κ3) is 8.31. The summed E-state index contributed by atoms with van der Waals surface area (Å²) >= 11 is 0. The van der Waals surface area contributed by atoms with E-state index in [9.17, 15) is 13.2 Å². The van der Waals surface area contributed by atoms with E-state index in [2.05, 4.69) is 10.0 Å². The average molecular weight is 356 g/mol. The van der Waals surface area contributed by atoms with Gasteiger partial charge in [-0.2, -0.15) is 0 Å². The lowest BCUT2D eigenvalue weighted by Gasteiger charge is -2.28. The van der Waals surface area contributed by atoms with Gasteiger partial charge in [0.25, 0.3) is 0 Å². The standard InChI is InChI=1S/C17H28N2O4S/c1-13-7-9-14(10-8-13)11-24(21,22)18-12-17(5,6)19-15(20)23-16(2,3)4/h7-10,18H,11-12H2,1-6H3,(H,19,20). The van der Waals surface area contributed by atoms with Gasteiger partial charge in [0.2, 0.25) is 10.0 Å². The average Bonchev–Trinajstić information content (AvgIpc) is 2.36. The van der Waals surface area contributed by atoms with Crippen molar-refractivity contribution >= 4 is 16.1 Å². The first-order valence-corrected chi connectivity index (χ1v) is 9.47. The van der Waals surface area contributed by atoms with Gasteiger partial charge in [0.15, 0.2) is 0 Å². The third-order valence-corrected chi connectivity index (χ3v) is 4.35. The molecule has 0 aliphatic heterocycles. The minimum absolute atomic E-state index is 0.0699. The summed E-state index contributed by atoms with van der Waals surface area (Å²) in [6.45, 7) is 10.8. The van der Waals surface area contributed by atoms with Crippen LogP contribution >= 0.6 is 0 Å². The van der Waals surface area contributed by atoms with Crippen LogP contribution in [0.25, 0.3) is 0 Å². The number of rotatable bonds is 6. The van der Waals surface area contributed by atoms with Crippen molar-refractivity contribution in [3.05, 3.63) is 35.4 Å². The number of ether oxygens (including phenoxy) is 1. The van der Waals surface area contributed by atoms with E-state index in [-0.39, 0.29) is 12.3 Å². The quantitative estimate of drug-likeness (QED) is 0.821. The summed E-state index contributed by atoms with van der Waals surface area (Å²) < 4.78 is 32.1. The van der Waals surface area contributed by atoms with Gasteiger partial charge >= 0.3 is 6.09 Å². The summed E-state index contributed by atoms with van der Waals surface area (Å²) in [6, 6.07) is 7.33. The van der Waals surface area contributed by atoms with Gasteiger partial charge in [-0.15, -0.1) is 0 Å². The number of carbonyl (C=O) groups is 1. The molecule has 0 aliphatic carbocycles. The predicted octanol–water partition coefficient (Wildman–Crippen LogP) is 2.72. The fourth-order valence-corrected chi connectivity index (χ4v) is 3.18. The molecule has 1 aromatic rings. The van der Waals surface area contributed by atoms with Gasteiger partial charge in [0, 0.05) is 6.54 Å². The van der Waals surface area contributed by atoms with Gasteiger partial charge in [-0.3, -0.25) is 0 Å². The molecular weight excluding hydrogens is 328 g/mol. The maximum absolute atomic E-state index is 12.2. The van der Waals surface area contributed by atoms with Crippen LogP contribution in [0.5, 0.6) is 0 Å². The number of nitrogens with one attached hydrogen (secondary N) is 2. The minimum Gasteiger partial charge on any atom is -0.444 e. The molecule has 6 nitrogen and oxygen atoms in total. The highest BCUT2D eigenvalue weighted by molar-refractivity contribution is 7.88. The van der Waals surface area contributed by atoms with Crippen molar-refractivity contribution in [2.24, 2.45) is 0 Å². The van der Waals surface area contributed by atoms with Crippen molar-refractivity contribution in [2.45, 2.75) is 58.4 Å². The Labute approximate surface area is 145 Å². The molecule has 0 unspecified atom stereocenters. The Morgan fingerprint density at radius 2 is 1.62 bits per heavy atom. The smallest absolute Gasteiger partial charge is 0.408 e. The molecule has 0 aromatic heterocycles. The van der Waals surface area contributed by atoms with Gasteiger partial charge in [-0.25, -0.2) is 17.9 Å². The molecule has 24 heavy (non-hydrogen) atoms. The summed E-state index contributed by atoms with van der Waals surface area (Å²) in [5.41, 5.74) is 0.408. The normalized spacial score (nSPS) is 12.8. The van der Waals surface area contributed by atoms with Crippen molar-refractivity contribution in [1.82, 2.24) is 10.0 Å². The van der Waals surface area contributed by atoms with Crippen LogP contribution in [0.2, 0.25) is 0 Å². The molecule has 1 amide bonds. The SMILES string of the molecule is Cc1ccc(CS(=O)(=O)NCC(C)(C)NC(=O)OC(C)(C)C)cc1. The molecule has 1 rings (SSSR count). The zero-order valence-corrected chi connectivity index (χ0v) is 16.1. The minimum atomic E-state index is -3.49. The first kappa shape index (κ1) is 20.4. The summed E-state index contributed by atoms with van der Waals surface area (Å²) in [5, 5.41) is 2.67. The first-order chi connectivity index (χ1) is 10.8. The topological polar surface area (TPSA) is 84.5 Å². The lowest BCUT2D eigenvalue weighted by Crippen LogP contribution is -2.52. The van der Waals surface area contributed by atoms with Gasteiger partial charge in [0.05, 0.1) is 11.3 Å². The number of alkyl carbamates (subject to hydrolysis) is 1. The van der Waals surface area contributed by atoms with E-state index in [1.165, 1.54) is 0 Å². The van der Waals surface area contributed by atoms with Crippen LogP contribution in [-0.4, -0.2) is 32.2 Å². The Morgan fingerprint density at radius 3 is 2.12 bits per heavy atom. The Balaban J connectivity index is 2.58. The highest BCUT2D eigenvalue weighted by Gasteiger charge is 2.26. The van der Waals surface area contributed by atoms with Crippen LogP contribution in [-0.2, 0) is 20.5 Å². The van der Waals surface area contributed by atoms with E-state index in [1.54, 1.807) is 46.8 Å². The molecule has 0 spiro atoms. The molecular formula is C17H28N2O4S. The molecule has 0 radical (unpaired) electrons. The number of amides is 1. The van der Waals surface area contributed by atoms with E-state index in [0.717, 1.165) is 5.56 Å². The van der Waals surface area contributed by atoms with Crippen LogP contribution < -0.4 is 10.0 Å². The molecule has 1 aromatic carbocycles. The van der Waals surface area contributed by atoms with Crippen molar-refractivity contribution in [3.63, 3.8) is 0 Å². The van der Waals surface area contributed by atoms with Gasteiger partial charge in [-0.05, 0) is 47.1 Å². The Morgan fingerprint density at radius 1 is 1.08 bits per heavy atom. The van der Waals surface area contributed by atoms with Crippen molar-refractivity contribution in [2.75, 3.05) is 6.54 Å². The molecule has 0 bridgehead atoms. The number of hydrogen-bond donors (Lipinski definition) is 2. The molecule has 0 saturated carbocycles. The largest absolute Gasteiger partial charge is 0.444 e.